The Morgan fingerprint density at radius 3 is 2.23 bits per heavy atom. The average Bonchev–Trinajstić information content (AvgIpc) is 2.87. The minimum absolute atomic E-state index is 0.117. The Bertz CT molecular complexity index is 1240. The predicted octanol–water partition coefficient (Wildman–Crippen LogP) is 3.14. The zero-order valence-electron chi connectivity index (χ0n) is 23.4. The van der Waals surface area contributed by atoms with Crippen LogP contribution in [-0.4, -0.2) is 73.3 Å². The fourth-order valence-corrected chi connectivity index (χ4v) is 4.36. The zero-order chi connectivity index (χ0) is 29.9. The van der Waals surface area contributed by atoms with Gasteiger partial charge in [0.2, 0.25) is 25.4 Å². The fraction of sp³-hybridized carbons (Fsp3) is 0.480. The topological polar surface area (TPSA) is 181 Å². The van der Waals surface area contributed by atoms with Crippen molar-refractivity contribution in [1.82, 2.24) is 14.9 Å². The average molecular weight is 582 g/mol. The van der Waals surface area contributed by atoms with E-state index < -0.39 is 50.9 Å². The molecular formula is C25H36N5O9P. The van der Waals surface area contributed by atoms with Crippen molar-refractivity contribution in [3.05, 3.63) is 30.5 Å². The number of fused-ring (bicyclic) bond motifs is 1. The molecule has 0 bridgehead atoms. The molecule has 1 heterocycles. The van der Waals surface area contributed by atoms with Gasteiger partial charge >= 0.3 is 19.5 Å². The van der Waals surface area contributed by atoms with E-state index >= 15 is 0 Å². The van der Waals surface area contributed by atoms with Crippen molar-refractivity contribution in [3.8, 4) is 5.75 Å². The van der Waals surface area contributed by atoms with Crippen LogP contribution in [0.15, 0.2) is 30.5 Å². The largest absolute Gasteiger partial charge is 0.494 e. The van der Waals surface area contributed by atoms with E-state index in [-0.39, 0.29) is 18.8 Å². The third-order valence-corrected chi connectivity index (χ3v) is 6.95. The van der Waals surface area contributed by atoms with Gasteiger partial charge in [-0.05, 0) is 13.1 Å². The lowest BCUT2D eigenvalue weighted by Crippen LogP contribution is -2.24. The summed E-state index contributed by atoms with van der Waals surface area (Å²) < 4.78 is 39.0. The molecule has 0 saturated carbocycles. The number of carbonyl (C=O) groups excluding carboxylic acids is 3. The second-order valence-electron chi connectivity index (χ2n) is 9.25. The van der Waals surface area contributed by atoms with Gasteiger partial charge < -0.3 is 25.3 Å². The number of hydrogen-bond donors (Lipinski definition) is 2. The SMILES string of the molecule is COc1cc2nc(N)ncc2cc1NC(=O)C=CCN(C)CP(=O)(OCOC(=O)C(C)C)OCOC(=O)C(C)C. The first-order valence-electron chi connectivity index (χ1n) is 12.3. The smallest absolute Gasteiger partial charge is 0.350 e. The van der Waals surface area contributed by atoms with E-state index in [2.05, 4.69) is 15.3 Å². The second-order valence-corrected chi connectivity index (χ2v) is 11.3. The van der Waals surface area contributed by atoms with E-state index in [4.69, 9.17) is 29.0 Å². The Morgan fingerprint density at radius 2 is 1.68 bits per heavy atom. The van der Waals surface area contributed by atoms with E-state index in [0.717, 1.165) is 0 Å². The summed E-state index contributed by atoms with van der Waals surface area (Å²) in [6.45, 7) is 5.51. The maximum Gasteiger partial charge on any atom is 0.350 e. The molecule has 1 aromatic carbocycles. The van der Waals surface area contributed by atoms with Crippen molar-refractivity contribution in [2.75, 3.05) is 51.6 Å². The molecule has 40 heavy (non-hydrogen) atoms. The Labute approximate surface area is 232 Å². The van der Waals surface area contributed by atoms with Crippen LogP contribution in [0.1, 0.15) is 27.7 Å². The van der Waals surface area contributed by atoms with Gasteiger partial charge in [0.25, 0.3) is 0 Å². The third kappa shape index (κ3) is 10.5. The maximum atomic E-state index is 13.3. The highest BCUT2D eigenvalue weighted by Crippen LogP contribution is 2.48. The van der Waals surface area contributed by atoms with Crippen molar-refractivity contribution >= 4 is 48.0 Å². The number of methoxy groups -OCH3 is 1. The Balaban J connectivity index is 1.99. The Hall–Kier alpha value is -3.58. The van der Waals surface area contributed by atoms with Crippen LogP contribution >= 0.6 is 7.60 Å². The fourth-order valence-electron chi connectivity index (χ4n) is 2.99. The maximum absolute atomic E-state index is 13.3. The molecule has 14 nitrogen and oxygen atoms in total. The van der Waals surface area contributed by atoms with Crippen molar-refractivity contribution in [3.63, 3.8) is 0 Å². The minimum Gasteiger partial charge on any atom is -0.494 e. The minimum atomic E-state index is -3.91. The van der Waals surface area contributed by atoms with Gasteiger partial charge in [-0.15, -0.1) is 0 Å². The molecule has 1 aromatic heterocycles. The predicted molar refractivity (Wildman–Crippen MR) is 147 cm³/mol. The summed E-state index contributed by atoms with van der Waals surface area (Å²) in [6, 6.07) is 3.30. The van der Waals surface area contributed by atoms with Crippen LogP contribution in [0.4, 0.5) is 11.6 Å². The molecule has 0 spiro atoms. The number of aromatic nitrogens is 2. The summed E-state index contributed by atoms with van der Waals surface area (Å²) in [4.78, 5) is 45.6. The molecule has 0 aliphatic heterocycles. The summed E-state index contributed by atoms with van der Waals surface area (Å²) in [5, 5.41) is 3.38. The standard InChI is InChI=1S/C25H36N5O9P/c1-16(2)23(32)36-14-38-40(34,39-15-37-24(33)17(3)4)13-30(5)9-7-8-22(31)28-20-10-18-12-27-25(26)29-19(18)11-21(20)35-6/h7-8,10-12,16-17H,9,13-15H2,1-6H3,(H,28,31)(H2,26,27,29). The number of nitrogens with zero attached hydrogens (tertiary/aromatic N) is 3. The highest BCUT2D eigenvalue weighted by molar-refractivity contribution is 7.53. The Morgan fingerprint density at radius 1 is 1.07 bits per heavy atom. The first-order chi connectivity index (χ1) is 18.8. The lowest BCUT2D eigenvalue weighted by molar-refractivity contribution is -0.156. The van der Waals surface area contributed by atoms with Crippen molar-refractivity contribution < 1.29 is 42.2 Å². The number of ether oxygens (including phenoxy) is 3. The van der Waals surface area contributed by atoms with Crippen molar-refractivity contribution in [2.24, 2.45) is 11.8 Å². The van der Waals surface area contributed by atoms with Gasteiger partial charge in [-0.25, -0.2) is 9.97 Å². The van der Waals surface area contributed by atoms with E-state index in [1.54, 1.807) is 51.8 Å². The van der Waals surface area contributed by atoms with Gasteiger partial charge in [-0.3, -0.25) is 32.9 Å². The number of esters is 2. The number of amides is 1. The zero-order valence-corrected chi connectivity index (χ0v) is 24.3. The summed E-state index contributed by atoms with van der Waals surface area (Å²) in [7, 11) is -0.833. The summed E-state index contributed by atoms with van der Waals surface area (Å²) >= 11 is 0. The van der Waals surface area contributed by atoms with Crippen LogP contribution in [0.5, 0.6) is 5.75 Å². The van der Waals surface area contributed by atoms with E-state index in [9.17, 15) is 18.9 Å². The first kappa shape index (κ1) is 32.6. The molecular weight excluding hydrogens is 545 g/mol. The molecule has 2 aromatic rings. The van der Waals surface area contributed by atoms with Gasteiger partial charge in [0.1, 0.15) is 12.0 Å². The summed E-state index contributed by atoms with van der Waals surface area (Å²) in [6.07, 6.45) is 4.11. The van der Waals surface area contributed by atoms with Gasteiger partial charge in [0.15, 0.2) is 0 Å². The van der Waals surface area contributed by atoms with E-state index in [1.807, 2.05) is 0 Å². The second kappa shape index (κ2) is 15.3. The molecule has 0 aliphatic rings. The molecule has 15 heteroatoms. The van der Waals surface area contributed by atoms with Crippen LogP contribution in [0.25, 0.3) is 10.9 Å². The molecule has 0 unspecified atom stereocenters. The number of rotatable bonds is 15. The van der Waals surface area contributed by atoms with Gasteiger partial charge in [-0.1, -0.05) is 33.8 Å². The summed E-state index contributed by atoms with van der Waals surface area (Å²) in [5.41, 5.74) is 6.59. The van der Waals surface area contributed by atoms with Crippen molar-refractivity contribution in [1.29, 1.82) is 0 Å². The van der Waals surface area contributed by atoms with Gasteiger partial charge in [0.05, 0.1) is 30.1 Å². The highest BCUT2D eigenvalue weighted by atomic mass is 31.2. The number of nitrogen functional groups attached to an aromatic ring is 1. The first-order valence-corrected chi connectivity index (χ1v) is 14.0. The van der Waals surface area contributed by atoms with Crippen molar-refractivity contribution in [2.45, 2.75) is 27.7 Å². The number of nitrogens with one attached hydrogen (secondary N) is 1. The number of nitrogens with two attached hydrogens (primary N) is 1. The number of benzene rings is 1. The summed E-state index contributed by atoms with van der Waals surface area (Å²) in [5.74, 6) is -1.84. The van der Waals surface area contributed by atoms with Crippen LogP contribution in [0, 0.1) is 11.8 Å². The molecule has 1 amide bonds. The quantitative estimate of drug-likeness (QED) is 0.136. The molecule has 220 valence electrons. The lowest BCUT2D eigenvalue weighted by atomic mass is 10.2. The van der Waals surface area contributed by atoms with Crippen LogP contribution in [-0.2, 0) is 37.5 Å². The molecule has 0 radical (unpaired) electrons. The molecule has 0 atom stereocenters. The third-order valence-electron chi connectivity index (χ3n) is 5.12. The molecule has 0 fully saturated rings. The lowest BCUT2D eigenvalue weighted by Gasteiger charge is -2.23. The van der Waals surface area contributed by atoms with E-state index in [0.29, 0.717) is 22.3 Å². The number of anilines is 2. The molecule has 0 saturated heterocycles. The van der Waals surface area contributed by atoms with Crippen LogP contribution in [0.2, 0.25) is 0 Å². The number of hydrogen-bond acceptors (Lipinski definition) is 13. The van der Waals surface area contributed by atoms with E-state index in [1.165, 1.54) is 25.5 Å². The highest BCUT2D eigenvalue weighted by Gasteiger charge is 2.28. The van der Waals surface area contributed by atoms with Crippen LogP contribution in [0.3, 0.4) is 0 Å². The number of likely N-dealkylation sites (N-methyl/N-ethyl adjacent to an activating group) is 1. The van der Waals surface area contributed by atoms with Gasteiger partial charge in [-0.2, -0.15) is 0 Å². The number of carbonyl (C=O) groups is 3. The van der Waals surface area contributed by atoms with Gasteiger partial charge in [0, 0.05) is 30.3 Å². The molecule has 0 aliphatic carbocycles. The molecule has 2 rings (SSSR count). The Kier molecular flexibility index (Phi) is 12.5. The monoisotopic (exact) mass is 581 g/mol. The molecule has 3 N–H and O–H groups in total. The van der Waals surface area contributed by atoms with Crippen LogP contribution < -0.4 is 15.8 Å². The normalized spacial score (nSPS) is 11.9.